The van der Waals surface area contributed by atoms with Crippen molar-refractivity contribution in [3.63, 3.8) is 0 Å². The third-order valence-electron chi connectivity index (χ3n) is 1.94. The van der Waals surface area contributed by atoms with Crippen molar-refractivity contribution in [1.29, 1.82) is 0 Å². The second kappa shape index (κ2) is 3.44. The summed E-state index contributed by atoms with van der Waals surface area (Å²) in [4.78, 5) is 0. The van der Waals surface area contributed by atoms with Gasteiger partial charge in [-0.25, -0.2) is 4.68 Å². The summed E-state index contributed by atoms with van der Waals surface area (Å²) < 4.78 is 1.89. The molecule has 0 atom stereocenters. The molecule has 0 fully saturated rings. The van der Waals surface area contributed by atoms with Crippen molar-refractivity contribution in [3.8, 4) is 0 Å². The lowest BCUT2D eigenvalue weighted by atomic mass is 10.3. The summed E-state index contributed by atoms with van der Waals surface area (Å²) in [5, 5.41) is 4.24. The molecular weight excluding hydrogens is 160 g/mol. The Labute approximate surface area is 77.9 Å². The standard InChI is InChI=1S/C11H12N2/c1-10-8-12-13(9-10)11-6-4-2-3-5-7-11/h2,4-9H,3H2,1H3. The van der Waals surface area contributed by atoms with Gasteiger partial charge in [0.15, 0.2) is 0 Å². The predicted molar refractivity (Wildman–Crippen MR) is 54.1 cm³/mol. The van der Waals surface area contributed by atoms with Gasteiger partial charge in [0.2, 0.25) is 0 Å². The van der Waals surface area contributed by atoms with Gasteiger partial charge in [-0.3, -0.25) is 0 Å². The third-order valence-corrected chi connectivity index (χ3v) is 1.94. The van der Waals surface area contributed by atoms with Crippen LogP contribution in [0.15, 0.2) is 42.8 Å². The zero-order valence-electron chi connectivity index (χ0n) is 7.64. The van der Waals surface area contributed by atoms with Gasteiger partial charge in [-0.2, -0.15) is 5.10 Å². The Morgan fingerprint density at radius 2 is 2.31 bits per heavy atom. The lowest BCUT2D eigenvalue weighted by Gasteiger charge is -1.98. The second-order valence-corrected chi connectivity index (χ2v) is 3.12. The summed E-state index contributed by atoms with van der Waals surface area (Å²) >= 11 is 0. The molecule has 0 bridgehead atoms. The van der Waals surface area contributed by atoms with Gasteiger partial charge >= 0.3 is 0 Å². The first-order chi connectivity index (χ1) is 6.36. The zero-order chi connectivity index (χ0) is 9.10. The molecule has 2 rings (SSSR count). The fourth-order valence-corrected chi connectivity index (χ4v) is 1.27. The van der Waals surface area contributed by atoms with E-state index in [0.29, 0.717) is 0 Å². The van der Waals surface area contributed by atoms with Crippen molar-refractivity contribution in [2.45, 2.75) is 13.3 Å². The average Bonchev–Trinajstić information content (AvgIpc) is 2.43. The van der Waals surface area contributed by atoms with Crippen LogP contribution >= 0.6 is 0 Å². The minimum Gasteiger partial charge on any atom is -0.241 e. The zero-order valence-corrected chi connectivity index (χ0v) is 7.64. The van der Waals surface area contributed by atoms with Gasteiger partial charge in [0.1, 0.15) is 0 Å². The molecule has 2 heteroatoms. The van der Waals surface area contributed by atoms with Crippen LogP contribution in [0.2, 0.25) is 0 Å². The molecular formula is C11H12N2. The minimum atomic E-state index is 1.00. The number of rotatable bonds is 1. The first-order valence-corrected chi connectivity index (χ1v) is 4.41. The van der Waals surface area contributed by atoms with Gasteiger partial charge in [-0.15, -0.1) is 0 Å². The Hall–Kier alpha value is -1.57. The third kappa shape index (κ3) is 1.78. The fourth-order valence-electron chi connectivity index (χ4n) is 1.27. The summed E-state index contributed by atoms with van der Waals surface area (Å²) in [6.45, 7) is 2.04. The topological polar surface area (TPSA) is 17.8 Å². The number of hydrogen-bond donors (Lipinski definition) is 0. The number of nitrogens with zero attached hydrogens (tertiary/aromatic N) is 2. The molecule has 1 aromatic heterocycles. The van der Waals surface area contributed by atoms with Gasteiger partial charge in [0.05, 0.1) is 11.9 Å². The molecule has 0 saturated carbocycles. The molecule has 1 aromatic rings. The van der Waals surface area contributed by atoms with Crippen LogP contribution < -0.4 is 0 Å². The largest absolute Gasteiger partial charge is 0.241 e. The van der Waals surface area contributed by atoms with Crippen LogP contribution in [0.25, 0.3) is 5.70 Å². The molecule has 13 heavy (non-hydrogen) atoms. The highest BCUT2D eigenvalue weighted by Gasteiger charge is 1.97. The maximum absolute atomic E-state index is 4.24. The first-order valence-electron chi connectivity index (χ1n) is 4.41. The quantitative estimate of drug-likeness (QED) is 0.636. The minimum absolute atomic E-state index is 1.00. The lowest BCUT2D eigenvalue weighted by Crippen LogP contribution is -1.93. The average molecular weight is 172 g/mol. The van der Waals surface area contributed by atoms with Crippen LogP contribution in [0.5, 0.6) is 0 Å². The maximum atomic E-state index is 4.24. The molecule has 66 valence electrons. The second-order valence-electron chi connectivity index (χ2n) is 3.12. The van der Waals surface area contributed by atoms with E-state index in [1.165, 1.54) is 5.56 Å². The molecule has 0 N–H and O–H groups in total. The van der Waals surface area contributed by atoms with E-state index in [0.717, 1.165) is 12.1 Å². The molecule has 0 radical (unpaired) electrons. The van der Waals surface area contributed by atoms with E-state index in [1.807, 2.05) is 24.0 Å². The Morgan fingerprint density at radius 3 is 3.08 bits per heavy atom. The van der Waals surface area contributed by atoms with Crippen LogP contribution in [0, 0.1) is 6.92 Å². The molecule has 0 saturated heterocycles. The number of hydrogen-bond acceptors (Lipinski definition) is 1. The van der Waals surface area contributed by atoms with Crippen molar-refractivity contribution in [1.82, 2.24) is 9.78 Å². The van der Waals surface area contributed by atoms with E-state index in [2.05, 4.69) is 35.5 Å². The molecule has 1 aliphatic carbocycles. The summed E-state index contributed by atoms with van der Waals surface area (Å²) in [6, 6.07) is 0. The van der Waals surface area contributed by atoms with Gasteiger partial charge < -0.3 is 0 Å². The Balaban J connectivity index is 2.35. The summed E-state index contributed by atoms with van der Waals surface area (Å²) in [5.41, 5.74) is 2.30. The van der Waals surface area contributed by atoms with E-state index in [9.17, 15) is 0 Å². The van der Waals surface area contributed by atoms with Crippen molar-refractivity contribution < 1.29 is 0 Å². The molecule has 1 heterocycles. The highest BCUT2D eigenvalue weighted by atomic mass is 15.3. The summed E-state index contributed by atoms with van der Waals surface area (Å²) in [6.07, 6.45) is 15.4. The Kier molecular flexibility index (Phi) is 2.13. The Bertz CT molecular complexity index is 381. The first kappa shape index (κ1) is 8.05. The van der Waals surface area contributed by atoms with Crippen molar-refractivity contribution in [2.75, 3.05) is 0 Å². The van der Waals surface area contributed by atoms with Crippen molar-refractivity contribution >= 4 is 5.70 Å². The predicted octanol–water partition coefficient (Wildman–Crippen LogP) is 2.55. The van der Waals surface area contributed by atoms with E-state index in [4.69, 9.17) is 0 Å². The van der Waals surface area contributed by atoms with Crippen molar-refractivity contribution in [3.05, 3.63) is 48.3 Å². The van der Waals surface area contributed by atoms with E-state index in [1.54, 1.807) is 0 Å². The highest BCUT2D eigenvalue weighted by Crippen LogP contribution is 2.10. The number of aryl methyl sites for hydroxylation is 1. The summed E-state index contributed by atoms with van der Waals surface area (Å²) in [7, 11) is 0. The van der Waals surface area contributed by atoms with E-state index in [-0.39, 0.29) is 0 Å². The number of allylic oxidation sites excluding steroid dienone is 6. The van der Waals surface area contributed by atoms with Crippen molar-refractivity contribution in [2.24, 2.45) is 0 Å². The Morgan fingerprint density at radius 1 is 1.38 bits per heavy atom. The van der Waals surface area contributed by atoms with Crippen LogP contribution in [-0.4, -0.2) is 9.78 Å². The lowest BCUT2D eigenvalue weighted by molar-refractivity contribution is 0.910. The summed E-state index contributed by atoms with van der Waals surface area (Å²) in [5.74, 6) is 0. The number of aromatic nitrogens is 2. The molecule has 0 aromatic carbocycles. The van der Waals surface area contributed by atoms with Gasteiger partial charge in [0, 0.05) is 6.20 Å². The van der Waals surface area contributed by atoms with Crippen LogP contribution in [0.1, 0.15) is 12.0 Å². The monoisotopic (exact) mass is 172 g/mol. The molecule has 0 amide bonds. The van der Waals surface area contributed by atoms with Gasteiger partial charge in [-0.05, 0) is 31.1 Å². The molecule has 2 nitrogen and oxygen atoms in total. The van der Waals surface area contributed by atoms with Crippen LogP contribution in [-0.2, 0) is 0 Å². The van der Waals surface area contributed by atoms with Gasteiger partial charge in [0.25, 0.3) is 0 Å². The van der Waals surface area contributed by atoms with Crippen LogP contribution in [0.3, 0.4) is 0 Å². The normalized spacial score (nSPS) is 15.6. The SMILES string of the molecule is Cc1cnn(C2=CC=CCC=C2)c1. The maximum Gasteiger partial charge on any atom is 0.0642 e. The molecule has 0 unspecified atom stereocenters. The fraction of sp³-hybridized carbons (Fsp3) is 0.182. The molecule has 0 aliphatic heterocycles. The smallest absolute Gasteiger partial charge is 0.0642 e. The van der Waals surface area contributed by atoms with Crippen LogP contribution in [0.4, 0.5) is 0 Å². The molecule has 1 aliphatic rings. The van der Waals surface area contributed by atoms with E-state index < -0.39 is 0 Å². The van der Waals surface area contributed by atoms with Gasteiger partial charge in [-0.1, -0.05) is 18.2 Å². The van der Waals surface area contributed by atoms with E-state index >= 15 is 0 Å². The molecule has 0 spiro atoms. The highest BCUT2D eigenvalue weighted by molar-refractivity contribution is 5.59.